The predicted molar refractivity (Wildman–Crippen MR) is 90.8 cm³/mol. The highest BCUT2D eigenvalue weighted by Gasteiger charge is 2.23. The van der Waals surface area contributed by atoms with Crippen molar-refractivity contribution in [1.29, 1.82) is 0 Å². The number of aromatic nitrogens is 2. The van der Waals surface area contributed by atoms with Crippen molar-refractivity contribution in [3.8, 4) is 0 Å². The lowest BCUT2D eigenvalue weighted by atomic mass is 9.88. The van der Waals surface area contributed by atoms with Crippen LogP contribution in [0, 0.1) is 12.8 Å². The summed E-state index contributed by atoms with van der Waals surface area (Å²) in [5.74, 6) is 2.06. The fraction of sp³-hybridized carbons (Fsp3) is 0.833. The largest absolute Gasteiger partial charge is 0.334 e. The Kier molecular flexibility index (Phi) is 5.53. The molecule has 1 aromatic heterocycles. The molecule has 1 saturated heterocycles. The second kappa shape index (κ2) is 7.60. The Labute approximate surface area is 135 Å². The zero-order valence-corrected chi connectivity index (χ0v) is 14.4. The van der Waals surface area contributed by atoms with Gasteiger partial charge in [-0.05, 0) is 45.1 Å². The molecular weight excluding hydrogens is 272 g/mol. The molecule has 0 radical (unpaired) electrons. The average molecular weight is 304 g/mol. The molecule has 0 bridgehead atoms. The quantitative estimate of drug-likeness (QED) is 0.908. The van der Waals surface area contributed by atoms with E-state index in [1.165, 1.54) is 70.3 Å². The summed E-state index contributed by atoms with van der Waals surface area (Å²) in [5.41, 5.74) is 1.29. The van der Waals surface area contributed by atoms with Crippen molar-refractivity contribution in [3.05, 3.63) is 17.7 Å². The average Bonchev–Trinajstić information content (AvgIpc) is 2.86. The van der Waals surface area contributed by atoms with E-state index < -0.39 is 0 Å². The Balaban J connectivity index is 1.45. The summed E-state index contributed by atoms with van der Waals surface area (Å²) in [6, 6.07) is 0.646. The number of imidazole rings is 1. The van der Waals surface area contributed by atoms with E-state index in [-0.39, 0.29) is 0 Å². The predicted octanol–water partition coefficient (Wildman–Crippen LogP) is 2.86. The molecule has 4 nitrogen and oxygen atoms in total. The lowest BCUT2D eigenvalue weighted by Crippen LogP contribution is -2.47. The second-order valence-corrected chi connectivity index (χ2v) is 7.34. The Hall–Kier alpha value is -0.870. The smallest absolute Gasteiger partial charge is 0.105 e. The Morgan fingerprint density at radius 2 is 2.00 bits per heavy atom. The lowest BCUT2D eigenvalue weighted by Gasteiger charge is -2.36. The zero-order chi connectivity index (χ0) is 15.4. The summed E-state index contributed by atoms with van der Waals surface area (Å²) in [4.78, 5) is 7.10. The third-order valence-electron chi connectivity index (χ3n) is 5.64. The topological polar surface area (TPSA) is 33.1 Å². The van der Waals surface area contributed by atoms with Crippen LogP contribution in [0.25, 0.3) is 0 Å². The number of hydrogen-bond acceptors (Lipinski definition) is 3. The highest BCUT2D eigenvalue weighted by Crippen LogP contribution is 2.25. The van der Waals surface area contributed by atoms with Crippen molar-refractivity contribution < 1.29 is 0 Å². The molecule has 22 heavy (non-hydrogen) atoms. The van der Waals surface area contributed by atoms with Gasteiger partial charge in [-0.2, -0.15) is 0 Å². The van der Waals surface area contributed by atoms with E-state index in [1.807, 2.05) is 6.20 Å². The van der Waals surface area contributed by atoms with Crippen molar-refractivity contribution in [1.82, 2.24) is 19.8 Å². The number of hydrogen-bond donors (Lipinski definition) is 1. The van der Waals surface area contributed by atoms with Gasteiger partial charge in [0.05, 0.1) is 5.69 Å². The van der Waals surface area contributed by atoms with Crippen LogP contribution in [-0.4, -0.2) is 40.1 Å². The van der Waals surface area contributed by atoms with Crippen LogP contribution in [0.1, 0.15) is 56.5 Å². The molecule has 0 unspecified atom stereocenters. The van der Waals surface area contributed by atoms with Gasteiger partial charge >= 0.3 is 0 Å². The summed E-state index contributed by atoms with van der Waals surface area (Å²) in [6.07, 6.45) is 12.0. The number of likely N-dealkylation sites (tertiary alicyclic amines) is 1. The molecule has 0 amide bonds. The van der Waals surface area contributed by atoms with E-state index in [1.54, 1.807) is 0 Å². The van der Waals surface area contributed by atoms with Crippen LogP contribution < -0.4 is 5.32 Å². The first-order chi connectivity index (χ1) is 10.7. The van der Waals surface area contributed by atoms with Gasteiger partial charge in [-0.3, -0.25) is 0 Å². The maximum absolute atomic E-state index is 4.38. The van der Waals surface area contributed by atoms with Gasteiger partial charge < -0.3 is 14.8 Å². The Morgan fingerprint density at radius 3 is 2.73 bits per heavy atom. The minimum atomic E-state index is 0.646. The summed E-state index contributed by atoms with van der Waals surface area (Å²) in [6.45, 7) is 6.88. The molecule has 2 heterocycles. The molecule has 2 fully saturated rings. The van der Waals surface area contributed by atoms with Crippen LogP contribution in [0.15, 0.2) is 6.20 Å². The summed E-state index contributed by atoms with van der Waals surface area (Å²) < 4.78 is 2.19. The maximum atomic E-state index is 4.38. The van der Waals surface area contributed by atoms with Gasteiger partial charge in [0.2, 0.25) is 0 Å². The molecule has 1 saturated carbocycles. The third kappa shape index (κ3) is 4.11. The molecule has 0 spiro atoms. The van der Waals surface area contributed by atoms with Crippen LogP contribution in [0.5, 0.6) is 0 Å². The maximum Gasteiger partial charge on any atom is 0.105 e. The molecule has 1 aromatic rings. The van der Waals surface area contributed by atoms with Gasteiger partial charge in [0.1, 0.15) is 5.82 Å². The van der Waals surface area contributed by atoms with Gasteiger partial charge in [0, 0.05) is 38.9 Å². The first-order valence-electron chi connectivity index (χ1n) is 9.15. The van der Waals surface area contributed by atoms with E-state index >= 15 is 0 Å². The third-order valence-corrected chi connectivity index (χ3v) is 5.64. The summed E-state index contributed by atoms with van der Waals surface area (Å²) >= 11 is 0. The fourth-order valence-corrected chi connectivity index (χ4v) is 4.08. The number of aryl methyl sites for hydroxylation is 1. The van der Waals surface area contributed by atoms with E-state index in [2.05, 4.69) is 33.7 Å². The molecule has 4 heteroatoms. The number of nitrogens with one attached hydrogen (secondary N) is 1. The molecule has 1 N–H and O–H groups in total. The Morgan fingerprint density at radius 1 is 1.18 bits per heavy atom. The van der Waals surface area contributed by atoms with Crippen molar-refractivity contribution in [2.45, 2.75) is 64.5 Å². The van der Waals surface area contributed by atoms with Crippen LogP contribution in [0.3, 0.4) is 0 Å². The monoisotopic (exact) mass is 304 g/mol. The molecule has 0 aromatic carbocycles. The highest BCUT2D eigenvalue weighted by molar-refractivity contribution is 5.03. The lowest BCUT2D eigenvalue weighted by molar-refractivity contribution is 0.149. The minimum absolute atomic E-state index is 0.646. The van der Waals surface area contributed by atoms with Crippen molar-refractivity contribution in [2.24, 2.45) is 13.0 Å². The van der Waals surface area contributed by atoms with Gasteiger partial charge in [-0.1, -0.05) is 19.3 Å². The summed E-state index contributed by atoms with van der Waals surface area (Å²) in [5, 5.41) is 3.76. The van der Waals surface area contributed by atoms with E-state index in [0.29, 0.717) is 6.04 Å². The number of nitrogens with zero attached hydrogens (tertiary/aromatic N) is 3. The number of piperidine rings is 1. The van der Waals surface area contributed by atoms with E-state index in [0.717, 1.165) is 18.3 Å². The normalized spacial score (nSPS) is 24.7. The molecule has 1 aliphatic carbocycles. The van der Waals surface area contributed by atoms with Crippen LogP contribution in [-0.2, 0) is 13.6 Å². The first kappa shape index (κ1) is 16.0. The molecule has 2 aliphatic rings. The van der Waals surface area contributed by atoms with Gasteiger partial charge in [0.15, 0.2) is 0 Å². The van der Waals surface area contributed by atoms with Gasteiger partial charge in [-0.15, -0.1) is 0 Å². The van der Waals surface area contributed by atoms with Crippen LogP contribution in [0.4, 0.5) is 0 Å². The molecule has 1 aliphatic heterocycles. The second-order valence-electron chi connectivity index (χ2n) is 7.34. The van der Waals surface area contributed by atoms with Crippen LogP contribution in [0.2, 0.25) is 0 Å². The van der Waals surface area contributed by atoms with Crippen LogP contribution >= 0.6 is 0 Å². The summed E-state index contributed by atoms with van der Waals surface area (Å²) in [7, 11) is 2.11. The Bertz CT molecular complexity index is 462. The van der Waals surface area contributed by atoms with E-state index in [9.17, 15) is 0 Å². The molecular formula is C18H32N4. The first-order valence-corrected chi connectivity index (χ1v) is 9.15. The van der Waals surface area contributed by atoms with Crippen molar-refractivity contribution >= 4 is 0 Å². The zero-order valence-electron chi connectivity index (χ0n) is 14.4. The van der Waals surface area contributed by atoms with Crippen molar-refractivity contribution in [3.63, 3.8) is 0 Å². The van der Waals surface area contributed by atoms with Crippen molar-refractivity contribution in [2.75, 3.05) is 19.6 Å². The van der Waals surface area contributed by atoms with Gasteiger partial charge in [0.25, 0.3) is 0 Å². The molecule has 124 valence electrons. The standard InChI is InChI=1S/C18H32N4/c1-15-19-11-18(21(15)2)12-20-17-9-6-10-22(14-17)13-16-7-4-3-5-8-16/h11,16-17,20H,3-10,12-14H2,1-2H3/t17-/m0/s1. The highest BCUT2D eigenvalue weighted by atomic mass is 15.2. The minimum Gasteiger partial charge on any atom is -0.334 e. The van der Waals surface area contributed by atoms with E-state index in [4.69, 9.17) is 0 Å². The molecule has 1 atom stereocenters. The number of rotatable bonds is 5. The van der Waals surface area contributed by atoms with Gasteiger partial charge in [-0.25, -0.2) is 4.98 Å². The SMILES string of the molecule is Cc1ncc(CN[C@H]2CCCN(CC3CCCCC3)C2)n1C. The molecule has 3 rings (SSSR count). The fourth-order valence-electron chi connectivity index (χ4n) is 4.08.